The molecule has 52 heavy (non-hydrogen) atoms. The van der Waals surface area contributed by atoms with E-state index < -0.39 is 0 Å². The Kier molecular flexibility index (Phi) is 6.18. The molecule has 0 spiro atoms. The fourth-order valence-corrected chi connectivity index (χ4v) is 7.67. The van der Waals surface area contributed by atoms with Gasteiger partial charge in [-0.2, -0.15) is 0 Å². The maximum absolute atomic E-state index is 6.61. The molecule has 3 aromatic heterocycles. The van der Waals surface area contributed by atoms with E-state index in [2.05, 4.69) is 114 Å². The smallest absolute Gasteiger partial charge is 0.228 e. The van der Waals surface area contributed by atoms with Gasteiger partial charge in [-0.1, -0.05) is 91.0 Å². The molecule has 8 aromatic carbocycles. The van der Waals surface area contributed by atoms with Crippen LogP contribution in [0.25, 0.3) is 88.3 Å². The van der Waals surface area contributed by atoms with Gasteiger partial charge in [0.15, 0.2) is 5.58 Å². The largest absolute Gasteiger partial charge is 0.456 e. The van der Waals surface area contributed by atoms with Crippen molar-refractivity contribution in [3.8, 4) is 22.6 Å². The Morgan fingerprint density at radius 3 is 2.00 bits per heavy atom. The molecular formula is C47H28N2O3. The summed E-state index contributed by atoms with van der Waals surface area (Å²) < 4.78 is 19.2. The number of hydrogen-bond acceptors (Lipinski definition) is 5. The first-order chi connectivity index (χ1) is 25.7. The van der Waals surface area contributed by atoms with E-state index in [9.17, 15) is 0 Å². The molecule has 0 N–H and O–H groups in total. The second-order valence-electron chi connectivity index (χ2n) is 13.1. The highest BCUT2D eigenvalue weighted by Crippen LogP contribution is 2.46. The predicted octanol–water partition coefficient (Wildman–Crippen LogP) is 13.6. The zero-order valence-electron chi connectivity index (χ0n) is 27.8. The SMILES string of the molecule is c1ccc(-c2ccc3ccc(N(c4ccc5c(c4)oc4cccc(-c6nc7ccccc7o6)c45)c4cccc5oc6ccccc6c45)cc3c2)cc1. The standard InChI is InChI=1S/C47H28N2O3/c1-2-10-29(11-3-1)31-21-20-30-22-23-33(27-32(30)26-31)49(39-15-9-19-43-46(39)35-12-4-6-16-40(35)50-43)34-24-25-36-44(28-34)51-42-18-8-13-37(45(36)42)47-48-38-14-5-7-17-41(38)52-47/h1-28H. The number of anilines is 3. The number of hydrogen-bond donors (Lipinski definition) is 0. The first-order valence-corrected chi connectivity index (χ1v) is 17.4. The average molecular weight is 669 g/mol. The van der Waals surface area contributed by atoms with Gasteiger partial charge in [0.05, 0.1) is 11.1 Å². The number of aromatic nitrogens is 1. The van der Waals surface area contributed by atoms with Crippen LogP contribution in [0.2, 0.25) is 0 Å². The van der Waals surface area contributed by atoms with E-state index in [1.807, 2.05) is 60.7 Å². The fourth-order valence-electron chi connectivity index (χ4n) is 7.67. The molecule has 5 heteroatoms. The van der Waals surface area contributed by atoms with E-state index in [1.165, 1.54) is 16.5 Å². The lowest BCUT2D eigenvalue weighted by molar-refractivity contribution is 0.620. The number of fused-ring (bicyclic) bond motifs is 8. The highest BCUT2D eigenvalue weighted by molar-refractivity contribution is 6.15. The predicted molar refractivity (Wildman–Crippen MR) is 212 cm³/mol. The Morgan fingerprint density at radius 2 is 1.10 bits per heavy atom. The molecule has 5 nitrogen and oxygen atoms in total. The van der Waals surface area contributed by atoms with Crippen molar-refractivity contribution in [2.45, 2.75) is 0 Å². The third kappa shape index (κ3) is 4.46. The summed E-state index contributed by atoms with van der Waals surface area (Å²) in [5.74, 6) is 0.574. The lowest BCUT2D eigenvalue weighted by Gasteiger charge is -2.26. The van der Waals surface area contributed by atoms with Gasteiger partial charge >= 0.3 is 0 Å². The van der Waals surface area contributed by atoms with Gasteiger partial charge in [-0.3, -0.25) is 0 Å². The summed E-state index contributed by atoms with van der Waals surface area (Å²) in [5, 5.41) is 6.42. The summed E-state index contributed by atoms with van der Waals surface area (Å²) >= 11 is 0. The number of nitrogens with zero attached hydrogens (tertiary/aromatic N) is 2. The van der Waals surface area contributed by atoms with Crippen LogP contribution in [0.3, 0.4) is 0 Å². The highest BCUT2D eigenvalue weighted by Gasteiger charge is 2.22. The van der Waals surface area contributed by atoms with Gasteiger partial charge in [-0.25, -0.2) is 4.98 Å². The molecule has 0 aliphatic heterocycles. The van der Waals surface area contributed by atoms with Crippen LogP contribution in [0.5, 0.6) is 0 Å². The van der Waals surface area contributed by atoms with Crippen molar-refractivity contribution in [3.05, 3.63) is 170 Å². The van der Waals surface area contributed by atoms with Crippen molar-refractivity contribution >= 4 is 82.8 Å². The molecule has 0 atom stereocenters. The quantitative estimate of drug-likeness (QED) is 0.183. The minimum atomic E-state index is 0.574. The number of oxazole rings is 1. The Bertz CT molecular complexity index is 3120. The second-order valence-corrected chi connectivity index (χ2v) is 13.1. The van der Waals surface area contributed by atoms with E-state index >= 15 is 0 Å². The minimum absolute atomic E-state index is 0.574. The topological polar surface area (TPSA) is 55.6 Å². The monoisotopic (exact) mass is 668 g/mol. The first-order valence-electron chi connectivity index (χ1n) is 17.4. The Hall–Kier alpha value is -7.11. The molecule has 11 rings (SSSR count). The van der Waals surface area contributed by atoms with Crippen molar-refractivity contribution < 1.29 is 13.3 Å². The van der Waals surface area contributed by atoms with Crippen LogP contribution in [0.15, 0.2) is 183 Å². The third-order valence-corrected chi connectivity index (χ3v) is 10.1. The molecule has 0 unspecified atom stereocenters. The van der Waals surface area contributed by atoms with Crippen LogP contribution in [-0.2, 0) is 0 Å². The van der Waals surface area contributed by atoms with E-state index in [4.69, 9.17) is 18.2 Å². The van der Waals surface area contributed by atoms with Gasteiger partial charge in [-0.05, 0) is 94.7 Å². The van der Waals surface area contributed by atoms with Crippen molar-refractivity contribution in [2.24, 2.45) is 0 Å². The van der Waals surface area contributed by atoms with E-state index in [0.29, 0.717) is 5.89 Å². The molecule has 0 radical (unpaired) electrons. The highest BCUT2D eigenvalue weighted by atomic mass is 16.4. The minimum Gasteiger partial charge on any atom is -0.456 e. The van der Waals surface area contributed by atoms with Gasteiger partial charge < -0.3 is 18.2 Å². The number of para-hydroxylation sites is 3. The molecule has 244 valence electrons. The molecule has 0 saturated carbocycles. The number of benzene rings is 8. The van der Waals surface area contributed by atoms with E-state index in [0.717, 1.165) is 83.0 Å². The average Bonchev–Trinajstić information content (AvgIpc) is 3.91. The summed E-state index contributed by atoms with van der Waals surface area (Å²) in [7, 11) is 0. The molecule has 0 fully saturated rings. The molecule has 0 aliphatic carbocycles. The molecule has 0 aliphatic rings. The molecule has 0 saturated heterocycles. The fraction of sp³-hybridized carbons (Fsp3) is 0. The van der Waals surface area contributed by atoms with Crippen LogP contribution in [0.1, 0.15) is 0 Å². The van der Waals surface area contributed by atoms with Crippen molar-refractivity contribution in [3.63, 3.8) is 0 Å². The van der Waals surface area contributed by atoms with Crippen molar-refractivity contribution in [1.82, 2.24) is 4.98 Å². The van der Waals surface area contributed by atoms with Crippen molar-refractivity contribution in [2.75, 3.05) is 4.90 Å². The summed E-state index contributed by atoms with van der Waals surface area (Å²) in [4.78, 5) is 7.13. The maximum Gasteiger partial charge on any atom is 0.228 e. The van der Waals surface area contributed by atoms with Crippen molar-refractivity contribution in [1.29, 1.82) is 0 Å². The molecule has 0 bridgehead atoms. The first kappa shape index (κ1) is 28.7. The number of rotatable bonds is 5. The van der Waals surface area contributed by atoms with Gasteiger partial charge in [0, 0.05) is 39.2 Å². The summed E-state index contributed by atoms with van der Waals surface area (Å²) in [6.45, 7) is 0. The number of furan rings is 2. The maximum atomic E-state index is 6.61. The zero-order valence-corrected chi connectivity index (χ0v) is 27.8. The second kappa shape index (κ2) is 11.2. The van der Waals surface area contributed by atoms with Crippen LogP contribution in [0, 0.1) is 0 Å². The Morgan fingerprint density at radius 1 is 0.404 bits per heavy atom. The van der Waals surface area contributed by atoms with Gasteiger partial charge in [0.25, 0.3) is 0 Å². The van der Waals surface area contributed by atoms with Crippen LogP contribution in [-0.4, -0.2) is 4.98 Å². The zero-order chi connectivity index (χ0) is 34.2. The summed E-state index contributed by atoms with van der Waals surface area (Å²) in [5.41, 5.74) is 11.1. The van der Waals surface area contributed by atoms with Crippen LogP contribution in [0.4, 0.5) is 17.1 Å². The summed E-state index contributed by atoms with van der Waals surface area (Å²) in [6.07, 6.45) is 0. The van der Waals surface area contributed by atoms with Gasteiger partial charge in [-0.15, -0.1) is 0 Å². The molecule has 11 aromatic rings. The Balaban J connectivity index is 1.13. The summed E-state index contributed by atoms with van der Waals surface area (Å²) in [6, 6.07) is 58.7. The van der Waals surface area contributed by atoms with Crippen LogP contribution >= 0.6 is 0 Å². The van der Waals surface area contributed by atoms with E-state index in [-0.39, 0.29) is 0 Å². The lowest BCUT2D eigenvalue weighted by atomic mass is 10.00. The van der Waals surface area contributed by atoms with Gasteiger partial charge in [0.1, 0.15) is 27.8 Å². The molecule has 0 amide bonds. The molecule has 3 heterocycles. The van der Waals surface area contributed by atoms with Crippen LogP contribution < -0.4 is 4.90 Å². The van der Waals surface area contributed by atoms with Gasteiger partial charge in [0.2, 0.25) is 5.89 Å². The third-order valence-electron chi connectivity index (χ3n) is 10.1. The Labute approximate surface area is 297 Å². The van der Waals surface area contributed by atoms with E-state index in [1.54, 1.807) is 0 Å². The normalized spacial score (nSPS) is 11.8. The lowest BCUT2D eigenvalue weighted by Crippen LogP contribution is -2.10. The molecular weight excluding hydrogens is 641 g/mol.